The van der Waals surface area contributed by atoms with Crippen LogP contribution in [0, 0.1) is 0 Å². The highest BCUT2D eigenvalue weighted by atomic mass is 32.1. The highest BCUT2D eigenvalue weighted by molar-refractivity contribution is 7.80. The molecule has 0 bridgehead atoms. The van der Waals surface area contributed by atoms with E-state index in [0.29, 0.717) is 42.1 Å². The number of rotatable bonds is 11. The first-order valence-electron chi connectivity index (χ1n) is 12.5. The average Bonchev–Trinajstić information content (AvgIpc) is 2.95. The van der Waals surface area contributed by atoms with Crippen LogP contribution >= 0.6 is 12.2 Å². The number of nitrogens with one attached hydrogen (secondary N) is 3. The third-order valence-electron chi connectivity index (χ3n) is 5.60. The van der Waals surface area contributed by atoms with Gasteiger partial charge in [-0.1, -0.05) is 66.7 Å². The fourth-order valence-corrected chi connectivity index (χ4v) is 3.95. The molecule has 4 aromatic carbocycles. The molecule has 0 radical (unpaired) electrons. The predicted octanol–water partition coefficient (Wildman–Crippen LogP) is 5.84. The summed E-state index contributed by atoms with van der Waals surface area (Å²) in [6.07, 6.45) is 1.03. The van der Waals surface area contributed by atoms with Crippen molar-refractivity contribution in [2.75, 3.05) is 23.8 Å². The van der Waals surface area contributed by atoms with Gasteiger partial charge in [0.2, 0.25) is 5.91 Å². The van der Waals surface area contributed by atoms with Crippen molar-refractivity contribution in [3.05, 3.63) is 120 Å². The quantitative estimate of drug-likeness (QED) is 0.164. The number of para-hydroxylation sites is 2. The van der Waals surface area contributed by atoms with Gasteiger partial charge in [0.25, 0.3) is 5.91 Å². The largest absolute Gasteiger partial charge is 0.490 e. The molecule has 198 valence electrons. The summed E-state index contributed by atoms with van der Waals surface area (Å²) in [6.45, 7) is 0.602. The summed E-state index contributed by atoms with van der Waals surface area (Å²) in [6, 6.07) is 33.4. The molecule has 0 heterocycles. The zero-order valence-electron chi connectivity index (χ0n) is 21.3. The lowest BCUT2D eigenvalue weighted by atomic mass is 10.1. The van der Waals surface area contributed by atoms with E-state index in [0.717, 1.165) is 11.3 Å². The molecule has 0 unspecified atom stereocenters. The SMILES string of the molecule is O=C(CCc1ccccc1)Nc1cccc(NC(=S)NC(=O)c2ccccc2OCCOc2ccccc2)c1. The number of hydrogen-bond donors (Lipinski definition) is 3. The minimum absolute atomic E-state index is 0.0855. The van der Waals surface area contributed by atoms with Crippen LogP contribution in [0.2, 0.25) is 0 Å². The van der Waals surface area contributed by atoms with E-state index in [4.69, 9.17) is 21.7 Å². The lowest BCUT2D eigenvalue weighted by Gasteiger charge is -2.14. The van der Waals surface area contributed by atoms with Gasteiger partial charge in [-0.3, -0.25) is 14.9 Å². The normalized spacial score (nSPS) is 10.3. The smallest absolute Gasteiger partial charge is 0.261 e. The summed E-state index contributed by atoms with van der Waals surface area (Å²) in [5.41, 5.74) is 2.71. The van der Waals surface area contributed by atoms with E-state index in [1.165, 1.54) is 0 Å². The Bertz CT molecular complexity index is 1400. The van der Waals surface area contributed by atoms with Gasteiger partial charge in [-0.15, -0.1) is 0 Å². The second kappa shape index (κ2) is 14.3. The lowest BCUT2D eigenvalue weighted by molar-refractivity contribution is -0.116. The number of amides is 2. The summed E-state index contributed by atoms with van der Waals surface area (Å²) in [7, 11) is 0. The van der Waals surface area contributed by atoms with E-state index >= 15 is 0 Å². The van der Waals surface area contributed by atoms with Crippen molar-refractivity contribution >= 4 is 40.5 Å². The van der Waals surface area contributed by atoms with Crippen LogP contribution in [-0.2, 0) is 11.2 Å². The molecule has 39 heavy (non-hydrogen) atoms. The van der Waals surface area contributed by atoms with Gasteiger partial charge in [-0.25, -0.2) is 0 Å². The summed E-state index contributed by atoms with van der Waals surface area (Å²) in [5.74, 6) is 0.684. The van der Waals surface area contributed by atoms with Gasteiger partial charge in [-0.2, -0.15) is 0 Å². The number of anilines is 2. The number of carbonyl (C=O) groups excluding carboxylic acids is 2. The third-order valence-corrected chi connectivity index (χ3v) is 5.80. The molecule has 4 aromatic rings. The Balaban J connectivity index is 1.26. The zero-order chi connectivity index (χ0) is 27.3. The first-order chi connectivity index (χ1) is 19.1. The molecule has 3 N–H and O–H groups in total. The predicted molar refractivity (Wildman–Crippen MR) is 157 cm³/mol. The molecule has 0 aliphatic carbocycles. The van der Waals surface area contributed by atoms with Crippen LogP contribution in [0.1, 0.15) is 22.3 Å². The van der Waals surface area contributed by atoms with Crippen LogP contribution in [0.4, 0.5) is 11.4 Å². The van der Waals surface area contributed by atoms with E-state index < -0.39 is 5.91 Å². The fraction of sp³-hybridized carbons (Fsp3) is 0.129. The molecule has 2 amide bonds. The number of hydrogen-bond acceptors (Lipinski definition) is 5. The number of carbonyl (C=O) groups is 2. The summed E-state index contributed by atoms with van der Waals surface area (Å²) < 4.78 is 11.4. The van der Waals surface area contributed by atoms with E-state index in [1.807, 2.05) is 60.7 Å². The van der Waals surface area contributed by atoms with Crippen molar-refractivity contribution in [3.63, 3.8) is 0 Å². The van der Waals surface area contributed by atoms with Gasteiger partial charge in [0.1, 0.15) is 24.7 Å². The second-order valence-electron chi connectivity index (χ2n) is 8.53. The highest BCUT2D eigenvalue weighted by Crippen LogP contribution is 2.19. The molecule has 0 spiro atoms. The van der Waals surface area contributed by atoms with Crippen LogP contribution < -0.4 is 25.4 Å². The summed E-state index contributed by atoms with van der Waals surface area (Å²) in [5, 5.41) is 8.69. The minimum atomic E-state index is -0.405. The second-order valence-corrected chi connectivity index (χ2v) is 8.94. The maximum Gasteiger partial charge on any atom is 0.261 e. The molecule has 0 saturated heterocycles. The summed E-state index contributed by atoms with van der Waals surface area (Å²) >= 11 is 5.35. The van der Waals surface area contributed by atoms with Crippen molar-refractivity contribution in [2.24, 2.45) is 0 Å². The first kappa shape index (κ1) is 27.3. The standard InChI is InChI=1S/C31H29N3O4S/c35-29(19-18-23-10-3-1-4-11-23)32-24-12-9-13-25(22-24)33-31(39)34-30(36)27-16-7-8-17-28(27)38-21-20-37-26-14-5-2-6-15-26/h1-17,22H,18-21H2,(H,32,35)(H2,33,34,36,39). The lowest BCUT2D eigenvalue weighted by Crippen LogP contribution is -2.34. The number of benzene rings is 4. The van der Waals surface area contributed by atoms with Gasteiger partial charge in [0.15, 0.2) is 5.11 Å². The van der Waals surface area contributed by atoms with E-state index in [9.17, 15) is 9.59 Å². The minimum Gasteiger partial charge on any atom is -0.490 e. The topological polar surface area (TPSA) is 88.7 Å². The van der Waals surface area contributed by atoms with Gasteiger partial charge < -0.3 is 20.1 Å². The highest BCUT2D eigenvalue weighted by Gasteiger charge is 2.14. The van der Waals surface area contributed by atoms with Crippen LogP contribution in [0.15, 0.2) is 109 Å². The molecular weight excluding hydrogens is 510 g/mol. The zero-order valence-corrected chi connectivity index (χ0v) is 22.1. The molecule has 4 rings (SSSR count). The molecule has 7 nitrogen and oxygen atoms in total. The molecule has 0 aliphatic rings. The van der Waals surface area contributed by atoms with E-state index in [1.54, 1.807) is 48.5 Å². The molecular formula is C31H29N3O4S. The Labute approximate surface area is 233 Å². The maximum atomic E-state index is 12.9. The first-order valence-corrected chi connectivity index (χ1v) is 12.9. The van der Waals surface area contributed by atoms with Crippen LogP contribution in [0.25, 0.3) is 0 Å². The van der Waals surface area contributed by atoms with Gasteiger partial charge in [-0.05, 0) is 66.7 Å². The third kappa shape index (κ3) is 8.98. The Morgan fingerprint density at radius 2 is 1.33 bits per heavy atom. The van der Waals surface area contributed by atoms with Gasteiger partial charge in [0, 0.05) is 17.8 Å². The molecule has 0 aliphatic heterocycles. The maximum absolute atomic E-state index is 12.9. The van der Waals surface area contributed by atoms with Crippen molar-refractivity contribution in [2.45, 2.75) is 12.8 Å². The monoisotopic (exact) mass is 539 g/mol. The van der Waals surface area contributed by atoms with Crippen molar-refractivity contribution in [3.8, 4) is 11.5 Å². The van der Waals surface area contributed by atoms with Crippen LogP contribution in [0.5, 0.6) is 11.5 Å². The number of aryl methyl sites for hydroxylation is 1. The van der Waals surface area contributed by atoms with Crippen molar-refractivity contribution in [1.29, 1.82) is 0 Å². The van der Waals surface area contributed by atoms with Gasteiger partial charge in [0.05, 0.1) is 5.56 Å². The molecule has 0 aromatic heterocycles. The van der Waals surface area contributed by atoms with Crippen LogP contribution in [0.3, 0.4) is 0 Å². The van der Waals surface area contributed by atoms with Crippen LogP contribution in [-0.4, -0.2) is 30.1 Å². The van der Waals surface area contributed by atoms with E-state index in [-0.39, 0.29) is 17.6 Å². The van der Waals surface area contributed by atoms with E-state index in [2.05, 4.69) is 16.0 Å². The molecule has 8 heteroatoms. The van der Waals surface area contributed by atoms with Crippen molar-refractivity contribution < 1.29 is 19.1 Å². The Morgan fingerprint density at radius 3 is 2.10 bits per heavy atom. The van der Waals surface area contributed by atoms with Crippen molar-refractivity contribution in [1.82, 2.24) is 5.32 Å². The number of ether oxygens (including phenoxy) is 2. The fourth-order valence-electron chi connectivity index (χ4n) is 3.74. The molecule has 0 fully saturated rings. The molecule has 0 atom stereocenters. The number of thiocarbonyl (C=S) groups is 1. The average molecular weight is 540 g/mol. The Hall–Kier alpha value is -4.69. The molecule has 0 saturated carbocycles. The Morgan fingerprint density at radius 1 is 0.692 bits per heavy atom. The summed E-state index contributed by atoms with van der Waals surface area (Å²) in [4.78, 5) is 25.3. The van der Waals surface area contributed by atoms with Gasteiger partial charge >= 0.3 is 0 Å². The Kier molecular flexibility index (Phi) is 10.0.